The summed E-state index contributed by atoms with van der Waals surface area (Å²) in [7, 11) is 3.78. The maximum Gasteiger partial charge on any atom is 0.251 e. The van der Waals surface area contributed by atoms with Crippen molar-refractivity contribution in [3.8, 4) is 0 Å². The predicted octanol–water partition coefficient (Wildman–Crippen LogP) is 2.99. The molecule has 1 fully saturated rings. The van der Waals surface area contributed by atoms with Crippen LogP contribution in [0, 0.1) is 5.82 Å². The van der Waals surface area contributed by atoms with Crippen molar-refractivity contribution < 1.29 is 14.0 Å². The molecule has 1 heterocycles. The molecule has 142 valence electrons. The summed E-state index contributed by atoms with van der Waals surface area (Å²) in [5.74, 6) is -0.369. The summed E-state index contributed by atoms with van der Waals surface area (Å²) in [4.78, 5) is 28.0. The fraction of sp³-hybridized carbons (Fsp3) is 0.333. The quantitative estimate of drug-likeness (QED) is 0.852. The molecule has 5 nitrogen and oxygen atoms in total. The predicted molar refractivity (Wildman–Crippen MR) is 103 cm³/mol. The van der Waals surface area contributed by atoms with E-state index in [1.807, 2.05) is 25.1 Å². The van der Waals surface area contributed by atoms with E-state index in [0.29, 0.717) is 18.5 Å². The van der Waals surface area contributed by atoms with Gasteiger partial charge in [0.2, 0.25) is 5.91 Å². The summed E-state index contributed by atoms with van der Waals surface area (Å²) in [6.07, 6.45) is 1.45. The standard InChI is InChI=1S/C21H24FN3O2/c1-24(2)19(16-5-3-6-17(22)13-16)14-23-21(27)15-8-10-18(11-9-15)25-12-4-7-20(25)26/h3,5-6,8-11,13,19H,4,7,12,14H2,1-2H3,(H,23,27)/t19-/m0/s1. The number of benzene rings is 2. The van der Waals surface area contributed by atoms with E-state index in [1.54, 1.807) is 35.2 Å². The van der Waals surface area contributed by atoms with Crippen molar-refractivity contribution in [1.29, 1.82) is 0 Å². The Balaban J connectivity index is 1.64. The molecule has 0 aromatic heterocycles. The van der Waals surface area contributed by atoms with Crippen molar-refractivity contribution in [3.05, 3.63) is 65.5 Å². The zero-order chi connectivity index (χ0) is 19.4. The molecule has 27 heavy (non-hydrogen) atoms. The van der Waals surface area contributed by atoms with Gasteiger partial charge < -0.3 is 15.1 Å². The van der Waals surface area contributed by atoms with Crippen molar-refractivity contribution >= 4 is 17.5 Å². The van der Waals surface area contributed by atoms with Gasteiger partial charge in [0.25, 0.3) is 5.91 Å². The van der Waals surface area contributed by atoms with Crippen LogP contribution >= 0.6 is 0 Å². The summed E-state index contributed by atoms with van der Waals surface area (Å²) in [6.45, 7) is 1.09. The van der Waals surface area contributed by atoms with Gasteiger partial charge in [-0.05, 0) is 62.5 Å². The van der Waals surface area contributed by atoms with Crippen LogP contribution in [-0.2, 0) is 4.79 Å². The maximum atomic E-state index is 13.5. The van der Waals surface area contributed by atoms with Gasteiger partial charge in [0.05, 0.1) is 6.04 Å². The number of likely N-dealkylation sites (N-methyl/N-ethyl adjacent to an activating group) is 1. The highest BCUT2D eigenvalue weighted by atomic mass is 19.1. The average molecular weight is 369 g/mol. The number of nitrogens with zero attached hydrogens (tertiary/aromatic N) is 2. The molecule has 6 heteroatoms. The highest BCUT2D eigenvalue weighted by Crippen LogP contribution is 2.22. The Morgan fingerprint density at radius 1 is 1.22 bits per heavy atom. The Hall–Kier alpha value is -2.73. The topological polar surface area (TPSA) is 52.7 Å². The number of hydrogen-bond acceptors (Lipinski definition) is 3. The zero-order valence-electron chi connectivity index (χ0n) is 15.6. The lowest BCUT2D eigenvalue weighted by Gasteiger charge is -2.25. The van der Waals surface area contributed by atoms with E-state index < -0.39 is 0 Å². The second kappa shape index (κ2) is 8.31. The molecule has 0 saturated carbocycles. The lowest BCUT2D eigenvalue weighted by Crippen LogP contribution is -2.34. The molecule has 1 atom stereocenters. The number of hydrogen-bond donors (Lipinski definition) is 1. The van der Waals surface area contributed by atoms with Crippen LogP contribution in [0.1, 0.15) is 34.8 Å². The number of carbonyl (C=O) groups excluding carboxylic acids is 2. The van der Waals surface area contributed by atoms with Gasteiger partial charge in [0, 0.05) is 30.8 Å². The molecule has 0 aliphatic carbocycles. The minimum absolute atomic E-state index is 0.121. The first-order valence-electron chi connectivity index (χ1n) is 9.06. The lowest BCUT2D eigenvalue weighted by molar-refractivity contribution is -0.117. The minimum atomic E-state index is -0.294. The van der Waals surface area contributed by atoms with E-state index in [4.69, 9.17) is 0 Å². The Morgan fingerprint density at radius 3 is 2.56 bits per heavy atom. The fourth-order valence-electron chi connectivity index (χ4n) is 3.32. The molecule has 2 aromatic carbocycles. The summed E-state index contributed by atoms with van der Waals surface area (Å²) in [5.41, 5.74) is 2.16. The van der Waals surface area contributed by atoms with Crippen LogP contribution in [0.5, 0.6) is 0 Å². The van der Waals surface area contributed by atoms with E-state index in [1.165, 1.54) is 12.1 Å². The molecule has 1 aliphatic heterocycles. The summed E-state index contributed by atoms with van der Waals surface area (Å²) >= 11 is 0. The van der Waals surface area contributed by atoms with Crippen molar-refractivity contribution in [1.82, 2.24) is 10.2 Å². The van der Waals surface area contributed by atoms with Crippen molar-refractivity contribution in [2.24, 2.45) is 0 Å². The first-order chi connectivity index (χ1) is 13.0. The molecular weight excluding hydrogens is 345 g/mol. The number of amides is 2. The van der Waals surface area contributed by atoms with Crippen molar-refractivity contribution in [2.75, 3.05) is 32.1 Å². The number of rotatable bonds is 6. The molecule has 0 radical (unpaired) electrons. The van der Waals surface area contributed by atoms with E-state index >= 15 is 0 Å². The highest BCUT2D eigenvalue weighted by Gasteiger charge is 2.22. The van der Waals surface area contributed by atoms with Crippen molar-refractivity contribution in [2.45, 2.75) is 18.9 Å². The van der Waals surface area contributed by atoms with E-state index in [0.717, 1.165) is 24.2 Å². The van der Waals surface area contributed by atoms with E-state index in [9.17, 15) is 14.0 Å². The maximum absolute atomic E-state index is 13.5. The third-order valence-electron chi connectivity index (χ3n) is 4.83. The molecule has 1 saturated heterocycles. The van der Waals surface area contributed by atoms with Crippen LogP contribution < -0.4 is 10.2 Å². The van der Waals surface area contributed by atoms with Crippen LogP contribution in [0.4, 0.5) is 10.1 Å². The number of anilines is 1. The monoisotopic (exact) mass is 369 g/mol. The zero-order valence-corrected chi connectivity index (χ0v) is 15.6. The molecule has 2 aromatic rings. The molecule has 0 spiro atoms. The Kier molecular flexibility index (Phi) is 5.86. The van der Waals surface area contributed by atoms with Gasteiger partial charge in [-0.2, -0.15) is 0 Å². The smallest absolute Gasteiger partial charge is 0.251 e. The normalized spacial score (nSPS) is 15.3. The van der Waals surface area contributed by atoms with Crippen molar-refractivity contribution in [3.63, 3.8) is 0 Å². The third-order valence-corrected chi connectivity index (χ3v) is 4.83. The van der Waals surface area contributed by atoms with Gasteiger partial charge in [0.15, 0.2) is 0 Å². The second-order valence-electron chi connectivity index (χ2n) is 6.94. The first kappa shape index (κ1) is 19.0. The molecule has 1 N–H and O–H groups in total. The molecule has 2 amide bonds. The minimum Gasteiger partial charge on any atom is -0.350 e. The largest absolute Gasteiger partial charge is 0.350 e. The molecule has 1 aliphatic rings. The number of nitrogens with one attached hydrogen (secondary N) is 1. The number of halogens is 1. The SMILES string of the molecule is CN(C)[C@@H](CNC(=O)c1ccc(N2CCCC2=O)cc1)c1cccc(F)c1. The van der Waals surface area contributed by atoms with Crippen LogP contribution in [-0.4, -0.2) is 43.9 Å². The lowest BCUT2D eigenvalue weighted by atomic mass is 10.1. The fourth-order valence-corrected chi connectivity index (χ4v) is 3.32. The van der Waals surface area contributed by atoms with Gasteiger partial charge in [-0.3, -0.25) is 9.59 Å². The summed E-state index contributed by atoms with van der Waals surface area (Å²) in [5, 5.41) is 2.91. The Labute approximate surface area is 158 Å². The Morgan fingerprint density at radius 2 is 1.96 bits per heavy atom. The van der Waals surface area contributed by atoms with Crippen LogP contribution in [0.25, 0.3) is 0 Å². The second-order valence-corrected chi connectivity index (χ2v) is 6.94. The van der Waals surface area contributed by atoms with Crippen LogP contribution in [0.2, 0.25) is 0 Å². The van der Waals surface area contributed by atoms with Gasteiger partial charge in [0.1, 0.15) is 5.82 Å². The van der Waals surface area contributed by atoms with Gasteiger partial charge in [-0.25, -0.2) is 4.39 Å². The van der Waals surface area contributed by atoms with Gasteiger partial charge in [-0.15, -0.1) is 0 Å². The van der Waals surface area contributed by atoms with Gasteiger partial charge >= 0.3 is 0 Å². The number of carbonyl (C=O) groups is 2. The highest BCUT2D eigenvalue weighted by molar-refractivity contribution is 5.97. The molecule has 0 unspecified atom stereocenters. The molecule has 3 rings (SSSR count). The average Bonchev–Trinajstić information content (AvgIpc) is 3.07. The van der Waals surface area contributed by atoms with E-state index in [-0.39, 0.29) is 23.7 Å². The Bertz CT molecular complexity index is 820. The summed E-state index contributed by atoms with van der Waals surface area (Å²) in [6, 6.07) is 13.3. The summed E-state index contributed by atoms with van der Waals surface area (Å²) < 4.78 is 13.5. The molecular formula is C21H24FN3O2. The van der Waals surface area contributed by atoms with E-state index in [2.05, 4.69) is 5.32 Å². The molecule has 0 bridgehead atoms. The van der Waals surface area contributed by atoms with Crippen LogP contribution in [0.3, 0.4) is 0 Å². The first-order valence-corrected chi connectivity index (χ1v) is 9.06. The van der Waals surface area contributed by atoms with Crippen LogP contribution in [0.15, 0.2) is 48.5 Å². The van der Waals surface area contributed by atoms with Gasteiger partial charge in [-0.1, -0.05) is 12.1 Å². The third kappa shape index (κ3) is 4.52.